The lowest BCUT2D eigenvalue weighted by molar-refractivity contribution is -0.110. The number of aromatic amines is 1. The molecule has 0 spiro atoms. The van der Waals surface area contributed by atoms with Crippen LogP contribution >= 0.6 is 20.3 Å². The molecule has 1 aliphatic heterocycles. The van der Waals surface area contributed by atoms with E-state index in [-0.39, 0.29) is 23.8 Å². The summed E-state index contributed by atoms with van der Waals surface area (Å²) >= 11 is 1.25. The number of hydrogen-bond donors (Lipinski definition) is 1. The second-order valence-electron chi connectivity index (χ2n) is 9.21. The molecule has 2 rings (SSSR count). The van der Waals surface area contributed by atoms with Gasteiger partial charge in [0.15, 0.2) is 17.5 Å². The zero-order chi connectivity index (χ0) is 27.5. The monoisotopic (exact) mass is 565 g/mol. The van der Waals surface area contributed by atoms with Crippen LogP contribution in [0.3, 0.4) is 0 Å². The highest BCUT2D eigenvalue weighted by Crippen LogP contribution is 2.50. The average Bonchev–Trinajstić information content (AvgIpc) is 3.12. The van der Waals surface area contributed by atoms with Gasteiger partial charge in [-0.3, -0.25) is 19.1 Å². The van der Waals surface area contributed by atoms with Crippen LogP contribution in [0.2, 0.25) is 0 Å². The molecule has 0 aliphatic carbocycles. The first-order valence-corrected chi connectivity index (χ1v) is 14.9. The molecule has 5 atom stereocenters. The molecule has 1 aromatic heterocycles. The van der Waals surface area contributed by atoms with Crippen LogP contribution in [-0.2, 0) is 23.3 Å². The van der Waals surface area contributed by atoms with Crippen molar-refractivity contribution in [3.63, 3.8) is 0 Å². The Labute approximate surface area is 223 Å². The van der Waals surface area contributed by atoms with Crippen molar-refractivity contribution in [1.82, 2.24) is 14.2 Å². The number of hydrogen-bond acceptors (Lipinski definition) is 9. The Bertz CT molecular complexity index is 939. The van der Waals surface area contributed by atoms with Crippen molar-refractivity contribution in [2.24, 2.45) is 0 Å². The van der Waals surface area contributed by atoms with Crippen LogP contribution in [-0.4, -0.2) is 75.4 Å². The Kier molecular flexibility index (Phi) is 13.9. The first kappa shape index (κ1) is 32.1. The molecule has 1 aromatic rings. The molecule has 0 saturated carbocycles. The van der Waals surface area contributed by atoms with Crippen molar-refractivity contribution in [3.05, 3.63) is 33.1 Å². The van der Waals surface area contributed by atoms with E-state index in [0.29, 0.717) is 31.8 Å². The standard InChI is InChI=1S/C24H41FN3O7PS/c1-7-9-18-22(21(25)23(34-18)27-11-10-19(29)26-24(27)31)35-36(28(16(3)4)17(5)6)33-13-12-32-14-15-37-20(30)8-2/h10-11,16-18,21-23H,7-9,12-15H2,1-6H3,(H,26,29,31). The van der Waals surface area contributed by atoms with E-state index in [2.05, 4.69) is 9.65 Å². The van der Waals surface area contributed by atoms with Gasteiger partial charge in [0.2, 0.25) is 0 Å². The van der Waals surface area contributed by atoms with E-state index in [4.69, 9.17) is 18.5 Å². The third-order valence-corrected chi connectivity index (χ3v) is 8.74. The summed E-state index contributed by atoms with van der Waals surface area (Å²) in [5, 5.41) is 0.130. The maximum Gasteiger partial charge on any atom is 0.330 e. The quantitative estimate of drug-likeness (QED) is 0.235. The van der Waals surface area contributed by atoms with E-state index >= 15 is 4.39 Å². The molecule has 10 nitrogen and oxygen atoms in total. The molecule has 0 aromatic carbocycles. The van der Waals surface area contributed by atoms with Crippen LogP contribution in [0.25, 0.3) is 0 Å². The van der Waals surface area contributed by atoms with Crippen molar-refractivity contribution in [2.45, 2.75) is 97.5 Å². The fourth-order valence-electron chi connectivity index (χ4n) is 4.01. The number of thioether (sulfide) groups is 1. The van der Waals surface area contributed by atoms with E-state index < -0.39 is 44.4 Å². The van der Waals surface area contributed by atoms with Crippen molar-refractivity contribution < 1.29 is 27.7 Å². The van der Waals surface area contributed by atoms with E-state index in [9.17, 15) is 14.4 Å². The number of halogens is 1. The Morgan fingerprint density at radius 3 is 2.51 bits per heavy atom. The fraction of sp³-hybridized carbons (Fsp3) is 0.792. The highest BCUT2D eigenvalue weighted by molar-refractivity contribution is 8.13. The number of H-pyrrole nitrogens is 1. The third-order valence-electron chi connectivity index (χ3n) is 5.63. The highest BCUT2D eigenvalue weighted by atomic mass is 32.2. The van der Waals surface area contributed by atoms with E-state index in [1.54, 1.807) is 0 Å². The number of nitrogens with one attached hydrogen (secondary N) is 1. The Balaban J connectivity index is 2.13. The molecule has 1 aliphatic rings. The van der Waals surface area contributed by atoms with Crippen molar-refractivity contribution in [2.75, 3.05) is 25.6 Å². The normalized spacial score (nSPS) is 22.9. The lowest BCUT2D eigenvalue weighted by atomic mass is 10.1. The molecule has 37 heavy (non-hydrogen) atoms. The van der Waals surface area contributed by atoms with Crippen LogP contribution in [0.1, 0.15) is 67.0 Å². The van der Waals surface area contributed by atoms with Gasteiger partial charge in [-0.15, -0.1) is 0 Å². The van der Waals surface area contributed by atoms with Gasteiger partial charge in [-0.2, -0.15) is 0 Å². The second kappa shape index (κ2) is 16.1. The number of carbonyl (C=O) groups excluding carboxylic acids is 1. The molecular formula is C24H41FN3O7PS. The molecule has 1 fully saturated rings. The third kappa shape index (κ3) is 9.53. The van der Waals surface area contributed by atoms with E-state index in [0.717, 1.165) is 17.1 Å². The summed E-state index contributed by atoms with van der Waals surface area (Å²) in [6.07, 6.45) is -1.44. The van der Waals surface area contributed by atoms with Gasteiger partial charge in [0.1, 0.15) is 6.10 Å². The van der Waals surface area contributed by atoms with Gasteiger partial charge in [-0.25, -0.2) is 13.9 Å². The predicted molar refractivity (Wildman–Crippen MR) is 143 cm³/mol. The van der Waals surface area contributed by atoms with Crippen LogP contribution in [0.5, 0.6) is 0 Å². The van der Waals surface area contributed by atoms with Gasteiger partial charge in [-0.05, 0) is 34.1 Å². The van der Waals surface area contributed by atoms with E-state index in [1.807, 2.05) is 41.5 Å². The molecule has 0 amide bonds. The molecule has 5 unspecified atom stereocenters. The van der Waals surface area contributed by atoms with Crippen molar-refractivity contribution in [1.29, 1.82) is 0 Å². The molecule has 212 valence electrons. The van der Waals surface area contributed by atoms with Gasteiger partial charge >= 0.3 is 5.69 Å². The van der Waals surface area contributed by atoms with Crippen LogP contribution in [0, 0.1) is 0 Å². The second-order valence-corrected chi connectivity index (χ2v) is 11.8. The van der Waals surface area contributed by atoms with Gasteiger partial charge in [0, 0.05) is 36.5 Å². The number of aromatic nitrogens is 2. The van der Waals surface area contributed by atoms with Crippen LogP contribution in [0.15, 0.2) is 21.9 Å². The zero-order valence-electron chi connectivity index (χ0n) is 22.6. The number of ether oxygens (including phenoxy) is 2. The molecule has 13 heteroatoms. The largest absolute Gasteiger partial charge is 0.378 e. The smallest absolute Gasteiger partial charge is 0.330 e. The fourth-order valence-corrected chi connectivity index (χ4v) is 6.39. The maximum atomic E-state index is 15.8. The number of carbonyl (C=O) groups is 1. The van der Waals surface area contributed by atoms with Crippen LogP contribution in [0.4, 0.5) is 4.39 Å². The molecule has 1 N–H and O–H groups in total. The molecule has 1 saturated heterocycles. The lowest BCUT2D eigenvalue weighted by Gasteiger charge is -2.37. The minimum atomic E-state index is -1.69. The first-order chi connectivity index (χ1) is 17.6. The minimum Gasteiger partial charge on any atom is -0.378 e. The Morgan fingerprint density at radius 1 is 1.22 bits per heavy atom. The van der Waals surface area contributed by atoms with Crippen molar-refractivity contribution >= 4 is 25.4 Å². The van der Waals surface area contributed by atoms with Gasteiger partial charge < -0.3 is 18.5 Å². The molecule has 2 heterocycles. The predicted octanol–water partition coefficient (Wildman–Crippen LogP) is 4.01. The Hall–Kier alpha value is -1.14. The molecule has 0 radical (unpaired) electrons. The number of nitrogens with zero attached hydrogens (tertiary/aromatic N) is 2. The van der Waals surface area contributed by atoms with E-state index in [1.165, 1.54) is 18.0 Å². The van der Waals surface area contributed by atoms with Crippen molar-refractivity contribution in [3.8, 4) is 0 Å². The first-order valence-electron chi connectivity index (χ1n) is 12.8. The van der Waals surface area contributed by atoms with Gasteiger partial charge in [-0.1, -0.05) is 32.0 Å². The van der Waals surface area contributed by atoms with Gasteiger partial charge in [0.25, 0.3) is 14.1 Å². The number of rotatable bonds is 16. The average molecular weight is 566 g/mol. The summed E-state index contributed by atoms with van der Waals surface area (Å²) in [4.78, 5) is 37.3. The lowest BCUT2D eigenvalue weighted by Crippen LogP contribution is -2.39. The topological polar surface area (TPSA) is 112 Å². The number of alkyl halides is 1. The van der Waals surface area contributed by atoms with Crippen LogP contribution < -0.4 is 11.2 Å². The molecular weight excluding hydrogens is 524 g/mol. The summed E-state index contributed by atoms with van der Waals surface area (Å²) < 4.78 is 43.0. The maximum absolute atomic E-state index is 15.8. The SMILES string of the molecule is CCCC1OC(n2ccc(=O)[nH]c2=O)C(F)C1OP(OCCOCCSC(=O)CC)N(C(C)C)C(C)C. The summed E-state index contributed by atoms with van der Waals surface area (Å²) in [5.74, 6) is 0.579. The zero-order valence-corrected chi connectivity index (χ0v) is 24.3. The Morgan fingerprint density at radius 2 is 1.92 bits per heavy atom. The summed E-state index contributed by atoms with van der Waals surface area (Å²) in [5.41, 5.74) is -1.30. The highest BCUT2D eigenvalue weighted by Gasteiger charge is 2.49. The summed E-state index contributed by atoms with van der Waals surface area (Å²) in [6, 6.07) is 1.28. The molecule has 0 bridgehead atoms. The summed E-state index contributed by atoms with van der Waals surface area (Å²) in [6.45, 7) is 12.8. The minimum absolute atomic E-state index is 0.0612. The summed E-state index contributed by atoms with van der Waals surface area (Å²) in [7, 11) is -1.69. The van der Waals surface area contributed by atoms with Gasteiger partial charge in [0.05, 0.1) is 25.9 Å².